The number of rotatable bonds is 5. The highest BCUT2D eigenvalue weighted by Crippen LogP contribution is 2.21. The van der Waals surface area contributed by atoms with E-state index >= 15 is 0 Å². The van der Waals surface area contributed by atoms with E-state index in [1.54, 1.807) is 7.11 Å². The molecule has 2 N–H and O–H groups in total. The molecule has 5 heteroatoms. The fraction of sp³-hybridized carbons (Fsp3) is 0.611. The number of nitrogens with two attached hydrogens (primary N) is 1. The van der Waals surface area contributed by atoms with E-state index in [1.165, 1.54) is 5.52 Å². The minimum atomic E-state index is 0.117. The molecule has 5 nitrogen and oxygen atoms in total. The van der Waals surface area contributed by atoms with Gasteiger partial charge in [0.2, 0.25) is 0 Å². The monoisotopic (exact) mass is 316 g/mol. The predicted molar refractivity (Wildman–Crippen MR) is 93.2 cm³/mol. The first kappa shape index (κ1) is 16.4. The van der Waals surface area contributed by atoms with Crippen molar-refractivity contribution in [3.05, 3.63) is 30.1 Å². The summed E-state index contributed by atoms with van der Waals surface area (Å²) in [5, 5.41) is 0. The molecule has 0 bridgehead atoms. The molecular formula is C18H28N4O. The summed E-state index contributed by atoms with van der Waals surface area (Å²) in [7, 11) is 1.75. The third-order valence-electron chi connectivity index (χ3n) is 4.64. The van der Waals surface area contributed by atoms with Crippen molar-refractivity contribution < 1.29 is 4.74 Å². The van der Waals surface area contributed by atoms with E-state index < -0.39 is 0 Å². The van der Waals surface area contributed by atoms with Crippen LogP contribution in [0.5, 0.6) is 0 Å². The number of para-hydroxylation sites is 2. The number of imidazole rings is 1. The van der Waals surface area contributed by atoms with Gasteiger partial charge in [0.25, 0.3) is 0 Å². The molecule has 3 rings (SSSR count). The van der Waals surface area contributed by atoms with E-state index in [2.05, 4.69) is 47.6 Å². The van der Waals surface area contributed by atoms with Crippen LogP contribution >= 0.6 is 0 Å². The Balaban J connectivity index is 1.84. The molecule has 0 aliphatic carbocycles. The van der Waals surface area contributed by atoms with Crippen LogP contribution in [-0.2, 0) is 17.8 Å². The highest BCUT2D eigenvalue weighted by Gasteiger charge is 2.27. The molecule has 23 heavy (non-hydrogen) atoms. The summed E-state index contributed by atoms with van der Waals surface area (Å²) in [6.45, 7) is 8.23. The Hall–Kier alpha value is -1.43. The van der Waals surface area contributed by atoms with Gasteiger partial charge < -0.3 is 15.0 Å². The Morgan fingerprint density at radius 1 is 1.35 bits per heavy atom. The third kappa shape index (κ3) is 3.57. The zero-order chi connectivity index (χ0) is 16.4. The summed E-state index contributed by atoms with van der Waals surface area (Å²) >= 11 is 0. The third-order valence-corrected chi connectivity index (χ3v) is 4.64. The number of ether oxygens (including phenoxy) is 1. The molecule has 0 saturated carbocycles. The van der Waals surface area contributed by atoms with Crippen LogP contribution in [0.25, 0.3) is 11.0 Å². The fourth-order valence-corrected chi connectivity index (χ4v) is 3.41. The van der Waals surface area contributed by atoms with Crippen LogP contribution in [0.4, 0.5) is 0 Å². The lowest BCUT2D eigenvalue weighted by Gasteiger charge is -2.35. The summed E-state index contributed by atoms with van der Waals surface area (Å²) in [4.78, 5) is 7.29. The number of methoxy groups -OCH3 is 1. The second-order valence-electron chi connectivity index (χ2n) is 6.98. The van der Waals surface area contributed by atoms with Crippen LogP contribution in [0, 0.1) is 5.92 Å². The number of nitrogens with zero attached hydrogens (tertiary/aromatic N) is 3. The standard InChI is InChI=1S/C18H28N4O/c1-13(2)10-22-16-7-5-4-6-15(16)20-18(22)12-21-9-8-14(19)17(11-21)23-3/h4-7,13-14,17H,8-12,19H2,1-3H3/t14-,17+/m0/s1. The number of piperidine rings is 1. The van der Waals surface area contributed by atoms with Crippen molar-refractivity contribution in [2.45, 2.75) is 45.5 Å². The van der Waals surface area contributed by atoms with Crippen molar-refractivity contribution in [3.63, 3.8) is 0 Å². The quantitative estimate of drug-likeness (QED) is 0.919. The van der Waals surface area contributed by atoms with Crippen LogP contribution < -0.4 is 5.73 Å². The summed E-state index contributed by atoms with van der Waals surface area (Å²) in [6.07, 6.45) is 1.09. The molecule has 1 aliphatic rings. The molecule has 1 aromatic heterocycles. The van der Waals surface area contributed by atoms with Gasteiger partial charge in [-0.2, -0.15) is 0 Å². The molecule has 0 spiro atoms. The lowest BCUT2D eigenvalue weighted by molar-refractivity contribution is 0.0129. The molecule has 1 aliphatic heterocycles. The number of likely N-dealkylation sites (tertiary alicyclic amines) is 1. The van der Waals surface area contributed by atoms with E-state index in [9.17, 15) is 0 Å². The van der Waals surface area contributed by atoms with E-state index in [0.717, 1.165) is 43.9 Å². The second kappa shape index (κ2) is 6.99. The molecule has 2 heterocycles. The van der Waals surface area contributed by atoms with Crippen LogP contribution in [0.15, 0.2) is 24.3 Å². The van der Waals surface area contributed by atoms with Gasteiger partial charge in [-0.15, -0.1) is 0 Å². The summed E-state index contributed by atoms with van der Waals surface area (Å²) < 4.78 is 7.90. The summed E-state index contributed by atoms with van der Waals surface area (Å²) in [5.74, 6) is 1.73. The highest BCUT2D eigenvalue weighted by molar-refractivity contribution is 5.75. The summed E-state index contributed by atoms with van der Waals surface area (Å²) in [6, 6.07) is 8.55. The van der Waals surface area contributed by atoms with Crippen molar-refractivity contribution in [1.82, 2.24) is 14.5 Å². The fourth-order valence-electron chi connectivity index (χ4n) is 3.41. The zero-order valence-electron chi connectivity index (χ0n) is 14.4. The normalized spacial score (nSPS) is 23.0. The van der Waals surface area contributed by atoms with Gasteiger partial charge in [0.1, 0.15) is 5.82 Å². The van der Waals surface area contributed by atoms with Gasteiger partial charge in [-0.3, -0.25) is 4.90 Å². The summed E-state index contributed by atoms with van der Waals surface area (Å²) in [5.41, 5.74) is 8.44. The smallest absolute Gasteiger partial charge is 0.124 e. The van der Waals surface area contributed by atoms with Crippen molar-refractivity contribution >= 4 is 11.0 Å². The first-order valence-electron chi connectivity index (χ1n) is 8.53. The maximum Gasteiger partial charge on any atom is 0.124 e. The average Bonchev–Trinajstić information content (AvgIpc) is 2.86. The molecule has 0 unspecified atom stereocenters. The zero-order valence-corrected chi connectivity index (χ0v) is 14.4. The molecular weight excluding hydrogens is 288 g/mol. The molecule has 0 amide bonds. The lowest BCUT2D eigenvalue weighted by Crippen LogP contribution is -2.51. The number of fused-ring (bicyclic) bond motifs is 1. The molecule has 2 aromatic rings. The van der Waals surface area contributed by atoms with Crippen LogP contribution in [0.2, 0.25) is 0 Å². The number of hydrogen-bond donors (Lipinski definition) is 1. The molecule has 1 aromatic carbocycles. The number of benzene rings is 1. The van der Waals surface area contributed by atoms with Gasteiger partial charge in [0.05, 0.1) is 23.7 Å². The van der Waals surface area contributed by atoms with Gasteiger partial charge in [-0.05, 0) is 24.5 Å². The molecule has 1 saturated heterocycles. The molecule has 2 atom stereocenters. The van der Waals surface area contributed by atoms with Gasteiger partial charge in [-0.25, -0.2) is 4.98 Å². The molecule has 1 fully saturated rings. The maximum absolute atomic E-state index is 6.13. The maximum atomic E-state index is 6.13. The van der Waals surface area contributed by atoms with Gasteiger partial charge in [0, 0.05) is 32.8 Å². The predicted octanol–water partition coefficient (Wildman–Crippen LogP) is 2.24. The lowest BCUT2D eigenvalue weighted by atomic mass is 10.0. The van der Waals surface area contributed by atoms with Crippen LogP contribution in [0.3, 0.4) is 0 Å². The second-order valence-corrected chi connectivity index (χ2v) is 6.98. The van der Waals surface area contributed by atoms with Crippen molar-refractivity contribution in [1.29, 1.82) is 0 Å². The van der Waals surface area contributed by atoms with E-state index in [1.807, 2.05) is 0 Å². The highest BCUT2D eigenvalue weighted by atomic mass is 16.5. The minimum absolute atomic E-state index is 0.117. The largest absolute Gasteiger partial charge is 0.379 e. The van der Waals surface area contributed by atoms with Crippen molar-refractivity contribution in [2.75, 3.05) is 20.2 Å². The Labute approximate surface area is 138 Å². The number of aromatic nitrogens is 2. The number of hydrogen-bond acceptors (Lipinski definition) is 4. The Bertz CT molecular complexity index is 652. The Morgan fingerprint density at radius 3 is 2.87 bits per heavy atom. The molecule has 126 valence electrons. The van der Waals surface area contributed by atoms with Gasteiger partial charge >= 0.3 is 0 Å². The van der Waals surface area contributed by atoms with Crippen LogP contribution in [0.1, 0.15) is 26.1 Å². The Morgan fingerprint density at radius 2 is 2.13 bits per heavy atom. The Kier molecular flexibility index (Phi) is 4.99. The van der Waals surface area contributed by atoms with E-state index in [-0.39, 0.29) is 12.1 Å². The van der Waals surface area contributed by atoms with Crippen molar-refractivity contribution in [2.24, 2.45) is 11.7 Å². The van der Waals surface area contributed by atoms with Crippen molar-refractivity contribution in [3.8, 4) is 0 Å². The SMILES string of the molecule is CO[C@@H]1CN(Cc2nc3ccccc3n2CC(C)C)CC[C@@H]1N. The molecule has 0 radical (unpaired) electrons. The van der Waals surface area contributed by atoms with E-state index in [0.29, 0.717) is 5.92 Å². The van der Waals surface area contributed by atoms with E-state index in [4.69, 9.17) is 15.5 Å². The first-order valence-corrected chi connectivity index (χ1v) is 8.53. The average molecular weight is 316 g/mol. The van der Waals surface area contributed by atoms with Gasteiger partial charge in [-0.1, -0.05) is 26.0 Å². The van der Waals surface area contributed by atoms with Crippen LogP contribution in [-0.4, -0.2) is 46.8 Å². The van der Waals surface area contributed by atoms with Gasteiger partial charge in [0.15, 0.2) is 0 Å². The topological polar surface area (TPSA) is 56.3 Å². The minimum Gasteiger partial charge on any atom is -0.379 e. The first-order chi connectivity index (χ1) is 11.1.